The first-order valence-corrected chi connectivity index (χ1v) is 5.69. The van der Waals surface area contributed by atoms with Crippen LogP contribution in [0.25, 0.3) is 5.69 Å². The van der Waals surface area contributed by atoms with Crippen LogP contribution in [0.5, 0.6) is 5.75 Å². The largest absolute Gasteiger partial charge is 0.495 e. The minimum Gasteiger partial charge on any atom is -0.495 e. The quantitative estimate of drug-likeness (QED) is 0.880. The number of hydrogen-bond donors (Lipinski definition) is 1. The maximum Gasteiger partial charge on any atom is 0.143 e. The number of ether oxygens (including phenoxy) is 1. The fourth-order valence-electron chi connectivity index (χ4n) is 2.08. The third kappa shape index (κ3) is 2.06. The number of nitrogens with zero attached hydrogens (tertiary/aromatic N) is 1. The lowest BCUT2D eigenvalue weighted by atomic mass is 10.2. The molecule has 2 N–H and O–H groups in total. The molecule has 0 bridgehead atoms. The molecule has 0 saturated carbocycles. The van der Waals surface area contributed by atoms with Crippen LogP contribution in [0.4, 0.5) is 0 Å². The first-order chi connectivity index (χ1) is 8.17. The molecule has 0 aliphatic heterocycles. The van der Waals surface area contributed by atoms with Crippen LogP contribution in [0.2, 0.25) is 0 Å². The molecule has 0 amide bonds. The van der Waals surface area contributed by atoms with Gasteiger partial charge < -0.3 is 15.0 Å². The Balaban J connectivity index is 2.59. The predicted molar refractivity (Wildman–Crippen MR) is 69.7 cm³/mol. The molecule has 0 aliphatic rings. The zero-order valence-corrected chi connectivity index (χ0v) is 10.5. The maximum absolute atomic E-state index is 5.64. The van der Waals surface area contributed by atoms with Gasteiger partial charge in [0, 0.05) is 17.9 Å². The van der Waals surface area contributed by atoms with E-state index < -0.39 is 0 Å². The molecule has 2 aromatic rings. The van der Waals surface area contributed by atoms with Crippen molar-refractivity contribution in [3.63, 3.8) is 0 Å². The Labute approximate surface area is 102 Å². The van der Waals surface area contributed by atoms with Gasteiger partial charge in [-0.25, -0.2) is 0 Å². The smallest absolute Gasteiger partial charge is 0.143 e. The van der Waals surface area contributed by atoms with Gasteiger partial charge >= 0.3 is 0 Å². The Morgan fingerprint density at radius 2 is 1.76 bits per heavy atom. The lowest BCUT2D eigenvalue weighted by molar-refractivity contribution is 0.412. The van der Waals surface area contributed by atoms with Crippen molar-refractivity contribution in [2.45, 2.75) is 20.4 Å². The summed E-state index contributed by atoms with van der Waals surface area (Å²) in [7, 11) is 1.69. The van der Waals surface area contributed by atoms with Crippen LogP contribution in [0, 0.1) is 13.8 Å². The van der Waals surface area contributed by atoms with Gasteiger partial charge in [-0.3, -0.25) is 0 Å². The summed E-state index contributed by atoms with van der Waals surface area (Å²) in [5, 5.41) is 0. The van der Waals surface area contributed by atoms with Crippen molar-refractivity contribution in [2.24, 2.45) is 5.73 Å². The average molecular weight is 230 g/mol. The highest BCUT2D eigenvalue weighted by Gasteiger charge is 2.09. The Hall–Kier alpha value is -1.74. The van der Waals surface area contributed by atoms with Gasteiger partial charge in [-0.05, 0) is 43.7 Å². The SMILES string of the molecule is COc1cc(CN)ccc1-n1c(C)ccc1C. The van der Waals surface area contributed by atoms with E-state index in [1.54, 1.807) is 7.11 Å². The molecular weight excluding hydrogens is 212 g/mol. The zero-order valence-electron chi connectivity index (χ0n) is 10.5. The summed E-state index contributed by atoms with van der Waals surface area (Å²) in [5.74, 6) is 0.857. The van der Waals surface area contributed by atoms with Gasteiger partial charge in [0.05, 0.1) is 12.8 Å². The van der Waals surface area contributed by atoms with Crippen molar-refractivity contribution >= 4 is 0 Å². The second-order valence-electron chi connectivity index (χ2n) is 4.16. The van der Waals surface area contributed by atoms with E-state index in [0.717, 1.165) is 17.0 Å². The summed E-state index contributed by atoms with van der Waals surface area (Å²) in [6, 6.07) is 10.3. The fraction of sp³-hybridized carbons (Fsp3) is 0.286. The van der Waals surface area contributed by atoms with Gasteiger partial charge in [0.25, 0.3) is 0 Å². The molecule has 17 heavy (non-hydrogen) atoms. The molecule has 3 nitrogen and oxygen atoms in total. The Kier molecular flexibility index (Phi) is 3.20. The fourth-order valence-corrected chi connectivity index (χ4v) is 2.08. The summed E-state index contributed by atoms with van der Waals surface area (Å²) in [6.45, 7) is 4.70. The van der Waals surface area contributed by atoms with Gasteiger partial charge in [0.1, 0.15) is 5.75 Å². The number of rotatable bonds is 3. The number of hydrogen-bond acceptors (Lipinski definition) is 2. The van der Waals surface area contributed by atoms with Crippen LogP contribution in [0.15, 0.2) is 30.3 Å². The molecule has 1 aromatic carbocycles. The van der Waals surface area contributed by atoms with E-state index >= 15 is 0 Å². The Morgan fingerprint density at radius 1 is 1.12 bits per heavy atom. The lowest BCUT2D eigenvalue weighted by Gasteiger charge is -2.14. The maximum atomic E-state index is 5.64. The van der Waals surface area contributed by atoms with E-state index in [1.807, 2.05) is 12.1 Å². The first-order valence-electron chi connectivity index (χ1n) is 5.69. The van der Waals surface area contributed by atoms with Crippen LogP contribution in [0.1, 0.15) is 17.0 Å². The van der Waals surface area contributed by atoms with Crippen molar-refractivity contribution < 1.29 is 4.74 Å². The monoisotopic (exact) mass is 230 g/mol. The van der Waals surface area contributed by atoms with Crippen molar-refractivity contribution in [3.8, 4) is 11.4 Å². The van der Waals surface area contributed by atoms with Crippen LogP contribution in [0.3, 0.4) is 0 Å². The lowest BCUT2D eigenvalue weighted by Crippen LogP contribution is -2.03. The minimum atomic E-state index is 0.528. The highest BCUT2D eigenvalue weighted by Crippen LogP contribution is 2.27. The van der Waals surface area contributed by atoms with E-state index in [-0.39, 0.29) is 0 Å². The van der Waals surface area contributed by atoms with Crippen molar-refractivity contribution in [2.75, 3.05) is 7.11 Å². The number of aryl methyl sites for hydroxylation is 2. The second-order valence-corrected chi connectivity index (χ2v) is 4.16. The summed E-state index contributed by atoms with van der Waals surface area (Å²) in [4.78, 5) is 0. The van der Waals surface area contributed by atoms with Gasteiger partial charge in [0.2, 0.25) is 0 Å². The molecule has 1 heterocycles. The molecule has 0 radical (unpaired) electrons. The molecule has 0 saturated heterocycles. The number of benzene rings is 1. The molecular formula is C14H18N2O. The number of aromatic nitrogens is 1. The highest BCUT2D eigenvalue weighted by molar-refractivity contribution is 5.51. The molecule has 1 aromatic heterocycles. The van der Waals surface area contributed by atoms with Crippen molar-refractivity contribution in [1.29, 1.82) is 0 Å². The third-order valence-corrected chi connectivity index (χ3v) is 2.99. The highest BCUT2D eigenvalue weighted by atomic mass is 16.5. The molecule has 0 unspecified atom stereocenters. The molecule has 90 valence electrons. The first kappa shape index (κ1) is 11.7. The van der Waals surface area contributed by atoms with Gasteiger partial charge in [-0.1, -0.05) is 6.07 Å². The van der Waals surface area contributed by atoms with Gasteiger partial charge in [-0.15, -0.1) is 0 Å². The molecule has 3 heteroatoms. The van der Waals surface area contributed by atoms with Crippen molar-refractivity contribution in [3.05, 3.63) is 47.3 Å². The van der Waals surface area contributed by atoms with Gasteiger partial charge in [0.15, 0.2) is 0 Å². The minimum absolute atomic E-state index is 0.528. The van der Waals surface area contributed by atoms with Crippen LogP contribution in [-0.2, 0) is 6.54 Å². The van der Waals surface area contributed by atoms with E-state index in [4.69, 9.17) is 10.5 Å². The van der Waals surface area contributed by atoms with Crippen LogP contribution in [-0.4, -0.2) is 11.7 Å². The van der Waals surface area contributed by atoms with E-state index in [2.05, 4.69) is 36.6 Å². The summed E-state index contributed by atoms with van der Waals surface area (Å²) in [5.41, 5.74) is 10.2. The van der Waals surface area contributed by atoms with E-state index in [1.165, 1.54) is 11.4 Å². The van der Waals surface area contributed by atoms with Crippen molar-refractivity contribution in [1.82, 2.24) is 4.57 Å². The summed E-state index contributed by atoms with van der Waals surface area (Å²) >= 11 is 0. The summed E-state index contributed by atoms with van der Waals surface area (Å²) in [6.07, 6.45) is 0. The molecule has 0 fully saturated rings. The molecule has 0 spiro atoms. The van der Waals surface area contributed by atoms with Gasteiger partial charge in [-0.2, -0.15) is 0 Å². The number of nitrogens with two attached hydrogens (primary N) is 1. The van der Waals surface area contributed by atoms with Crippen LogP contribution >= 0.6 is 0 Å². The average Bonchev–Trinajstić information content (AvgIpc) is 2.68. The topological polar surface area (TPSA) is 40.2 Å². The third-order valence-electron chi connectivity index (χ3n) is 2.99. The molecule has 0 aliphatic carbocycles. The predicted octanol–water partition coefficient (Wildman–Crippen LogP) is 2.56. The van der Waals surface area contributed by atoms with E-state index in [9.17, 15) is 0 Å². The number of methoxy groups -OCH3 is 1. The van der Waals surface area contributed by atoms with Crippen LogP contribution < -0.4 is 10.5 Å². The summed E-state index contributed by atoms with van der Waals surface area (Å²) < 4.78 is 7.62. The standard InChI is InChI=1S/C14H18N2O/c1-10-4-5-11(2)16(10)13-7-6-12(9-15)8-14(13)17-3/h4-8H,9,15H2,1-3H3. The Bertz CT molecular complexity index is 510. The Morgan fingerprint density at radius 3 is 2.29 bits per heavy atom. The second kappa shape index (κ2) is 4.63. The zero-order chi connectivity index (χ0) is 12.4. The molecule has 0 atom stereocenters. The molecule has 2 rings (SSSR count). The van der Waals surface area contributed by atoms with E-state index in [0.29, 0.717) is 6.54 Å². The normalized spacial score (nSPS) is 10.6.